The molecule has 0 radical (unpaired) electrons. The first-order valence-electron chi connectivity index (χ1n) is 13.4. The maximum Gasteiger partial charge on any atom is 0.222 e. The molecule has 1 aromatic carbocycles. The number of hydrogen-bond acceptors (Lipinski definition) is 3. The summed E-state index contributed by atoms with van der Waals surface area (Å²) in [5.74, 6) is 2.67. The van der Waals surface area contributed by atoms with Crippen LogP contribution in [0.5, 0.6) is 0 Å². The summed E-state index contributed by atoms with van der Waals surface area (Å²) in [6.07, 6.45) is 8.94. The third-order valence-electron chi connectivity index (χ3n) is 9.26. The fourth-order valence-corrected chi connectivity index (χ4v) is 7.84. The molecule has 2 atom stereocenters. The van der Waals surface area contributed by atoms with Gasteiger partial charge in [0.25, 0.3) is 0 Å². The fourth-order valence-electron chi connectivity index (χ4n) is 7.84. The molecule has 1 N–H and O–H groups in total. The summed E-state index contributed by atoms with van der Waals surface area (Å²) in [6.45, 7) is 7.06. The van der Waals surface area contributed by atoms with E-state index >= 15 is 0 Å². The number of rotatable bonds is 7. The van der Waals surface area contributed by atoms with Crippen molar-refractivity contribution in [2.75, 3.05) is 31.1 Å². The summed E-state index contributed by atoms with van der Waals surface area (Å²) in [7, 11) is 0. The second kappa shape index (κ2) is 9.50. The number of halogens is 1. The molecule has 0 unspecified atom stereocenters. The van der Waals surface area contributed by atoms with Crippen molar-refractivity contribution in [2.45, 2.75) is 71.3 Å². The Balaban J connectivity index is 1.06. The number of piperazine rings is 1. The largest absolute Gasteiger partial charge is 0.368 e. The van der Waals surface area contributed by atoms with Crippen molar-refractivity contribution < 1.29 is 14.0 Å². The first-order chi connectivity index (χ1) is 16.3. The lowest BCUT2D eigenvalue weighted by molar-refractivity contribution is -0.133. The van der Waals surface area contributed by atoms with Crippen LogP contribution in [0, 0.1) is 34.9 Å². The molecule has 6 heteroatoms. The highest BCUT2D eigenvalue weighted by atomic mass is 19.1. The molecule has 0 aromatic heterocycles. The van der Waals surface area contributed by atoms with Gasteiger partial charge < -0.3 is 15.1 Å². The third kappa shape index (κ3) is 4.96. The Morgan fingerprint density at radius 1 is 0.941 bits per heavy atom. The smallest absolute Gasteiger partial charge is 0.222 e. The maximum absolute atomic E-state index is 13.2. The molecule has 4 bridgehead atoms. The standard InChI is InChI=1S/C28H40FN3O2/c1-19(12-27(34)32-9-7-31(8-10-32)25-5-3-24(29)4-6-25)11-26(33)30-20(2)28-16-21-13-22(17-28)15-23(14-21)18-28/h3-6,19-23H,7-18H2,1-2H3,(H,30,33)/t19-,20-,21?,22?,23?,28?/m0/s1. The highest BCUT2D eigenvalue weighted by Gasteiger charge is 2.53. The minimum absolute atomic E-state index is 0.0335. The van der Waals surface area contributed by atoms with E-state index in [9.17, 15) is 14.0 Å². The van der Waals surface area contributed by atoms with E-state index < -0.39 is 0 Å². The van der Waals surface area contributed by atoms with E-state index in [0.29, 0.717) is 31.3 Å². The SMILES string of the molecule is C[C@@H](CC(=O)N[C@@H](C)C12CC3CC(CC(C3)C1)C2)CC(=O)N1CCN(c2ccc(F)cc2)CC1. The molecule has 5 fully saturated rings. The molecule has 4 aliphatic carbocycles. The van der Waals surface area contributed by atoms with Crippen LogP contribution < -0.4 is 10.2 Å². The Morgan fingerprint density at radius 2 is 1.50 bits per heavy atom. The van der Waals surface area contributed by atoms with Crippen molar-refractivity contribution >= 4 is 17.5 Å². The summed E-state index contributed by atoms with van der Waals surface area (Å²) in [6, 6.07) is 6.76. The minimum Gasteiger partial charge on any atom is -0.368 e. The van der Waals surface area contributed by atoms with E-state index in [0.717, 1.165) is 36.5 Å². The second-order valence-corrected chi connectivity index (χ2v) is 11.9. The second-order valence-electron chi connectivity index (χ2n) is 11.9. The molecule has 4 saturated carbocycles. The van der Waals surface area contributed by atoms with E-state index in [-0.39, 0.29) is 29.6 Å². The van der Waals surface area contributed by atoms with Gasteiger partial charge in [-0.1, -0.05) is 6.92 Å². The zero-order valence-corrected chi connectivity index (χ0v) is 20.8. The summed E-state index contributed by atoms with van der Waals surface area (Å²) >= 11 is 0. The number of anilines is 1. The van der Waals surface area contributed by atoms with Crippen LogP contribution in [0.15, 0.2) is 24.3 Å². The summed E-state index contributed by atoms with van der Waals surface area (Å²) in [5, 5.41) is 3.35. The molecule has 5 aliphatic rings. The van der Waals surface area contributed by atoms with E-state index in [4.69, 9.17) is 0 Å². The quantitative estimate of drug-likeness (QED) is 0.634. The van der Waals surface area contributed by atoms with Gasteiger partial charge in [-0.2, -0.15) is 0 Å². The van der Waals surface area contributed by atoms with Crippen LogP contribution in [-0.4, -0.2) is 48.9 Å². The fraction of sp³-hybridized carbons (Fsp3) is 0.714. The summed E-state index contributed by atoms with van der Waals surface area (Å²) < 4.78 is 13.2. The molecule has 1 heterocycles. The number of benzene rings is 1. The highest BCUT2D eigenvalue weighted by molar-refractivity contribution is 5.80. The predicted octanol–water partition coefficient (Wildman–Crippen LogP) is 4.61. The number of carbonyl (C=O) groups excluding carboxylic acids is 2. The predicted molar refractivity (Wildman–Crippen MR) is 132 cm³/mol. The van der Waals surface area contributed by atoms with Crippen molar-refractivity contribution in [3.63, 3.8) is 0 Å². The molecule has 2 amide bonds. The Labute approximate surface area is 203 Å². The van der Waals surface area contributed by atoms with Gasteiger partial charge in [0, 0.05) is 50.7 Å². The minimum atomic E-state index is -0.233. The molecule has 6 rings (SSSR count). The topological polar surface area (TPSA) is 52.7 Å². The van der Waals surface area contributed by atoms with Gasteiger partial charge in [0.1, 0.15) is 5.82 Å². The average molecular weight is 470 g/mol. The number of hydrogen-bond donors (Lipinski definition) is 1. The Hall–Kier alpha value is -2.11. The molecule has 1 aromatic rings. The molecule has 5 nitrogen and oxygen atoms in total. The lowest BCUT2D eigenvalue weighted by atomic mass is 9.48. The Bertz CT molecular complexity index is 858. The monoisotopic (exact) mass is 469 g/mol. The normalized spacial score (nSPS) is 31.9. The number of amides is 2. The molecular formula is C28H40FN3O2. The van der Waals surface area contributed by atoms with E-state index in [2.05, 4.69) is 17.1 Å². The zero-order chi connectivity index (χ0) is 23.9. The van der Waals surface area contributed by atoms with Crippen molar-refractivity contribution in [2.24, 2.45) is 29.1 Å². The Morgan fingerprint density at radius 3 is 2.06 bits per heavy atom. The van der Waals surface area contributed by atoms with Gasteiger partial charge in [-0.05, 0) is 98.8 Å². The van der Waals surface area contributed by atoms with Gasteiger partial charge in [-0.25, -0.2) is 4.39 Å². The summed E-state index contributed by atoms with van der Waals surface area (Å²) in [5.41, 5.74) is 1.31. The van der Waals surface area contributed by atoms with Crippen molar-refractivity contribution in [1.29, 1.82) is 0 Å². The van der Waals surface area contributed by atoms with Gasteiger partial charge >= 0.3 is 0 Å². The molecule has 1 aliphatic heterocycles. The Kier molecular flexibility index (Phi) is 6.60. The first-order valence-corrected chi connectivity index (χ1v) is 13.4. The lowest BCUT2D eigenvalue weighted by Crippen LogP contribution is -2.56. The average Bonchev–Trinajstić information content (AvgIpc) is 2.78. The van der Waals surface area contributed by atoms with Crippen LogP contribution in [0.3, 0.4) is 0 Å². The van der Waals surface area contributed by atoms with Crippen LogP contribution >= 0.6 is 0 Å². The third-order valence-corrected chi connectivity index (χ3v) is 9.26. The summed E-state index contributed by atoms with van der Waals surface area (Å²) in [4.78, 5) is 29.8. The molecular weight excluding hydrogens is 429 g/mol. The van der Waals surface area contributed by atoms with Gasteiger partial charge in [-0.3, -0.25) is 9.59 Å². The van der Waals surface area contributed by atoms with E-state index in [1.807, 2.05) is 11.8 Å². The van der Waals surface area contributed by atoms with Gasteiger partial charge in [0.15, 0.2) is 0 Å². The zero-order valence-electron chi connectivity index (χ0n) is 20.8. The van der Waals surface area contributed by atoms with E-state index in [1.165, 1.54) is 50.7 Å². The lowest BCUT2D eigenvalue weighted by Gasteiger charge is -2.59. The molecule has 34 heavy (non-hydrogen) atoms. The van der Waals surface area contributed by atoms with Crippen molar-refractivity contribution in [3.05, 3.63) is 30.1 Å². The van der Waals surface area contributed by atoms with E-state index in [1.54, 1.807) is 12.1 Å². The van der Waals surface area contributed by atoms with Crippen LogP contribution in [0.2, 0.25) is 0 Å². The molecule has 0 spiro atoms. The number of carbonyl (C=O) groups is 2. The van der Waals surface area contributed by atoms with Crippen LogP contribution in [-0.2, 0) is 9.59 Å². The molecule has 1 saturated heterocycles. The van der Waals surface area contributed by atoms with Crippen molar-refractivity contribution in [3.8, 4) is 0 Å². The van der Waals surface area contributed by atoms with Gasteiger partial charge in [0.2, 0.25) is 11.8 Å². The highest BCUT2D eigenvalue weighted by Crippen LogP contribution is 2.61. The van der Waals surface area contributed by atoms with Crippen LogP contribution in [0.1, 0.15) is 65.2 Å². The maximum atomic E-state index is 13.2. The van der Waals surface area contributed by atoms with Crippen LogP contribution in [0.4, 0.5) is 10.1 Å². The first kappa shape index (κ1) is 23.6. The number of nitrogens with one attached hydrogen (secondary N) is 1. The van der Waals surface area contributed by atoms with Crippen molar-refractivity contribution in [1.82, 2.24) is 10.2 Å². The molecule has 186 valence electrons. The van der Waals surface area contributed by atoms with Gasteiger partial charge in [0.05, 0.1) is 0 Å². The number of nitrogens with zero attached hydrogens (tertiary/aromatic N) is 2. The van der Waals surface area contributed by atoms with Crippen LogP contribution in [0.25, 0.3) is 0 Å². The van der Waals surface area contributed by atoms with Gasteiger partial charge in [-0.15, -0.1) is 0 Å².